The molecular formula is C12H18BFN2O2. The van der Waals surface area contributed by atoms with E-state index in [2.05, 4.69) is 9.97 Å². The quantitative estimate of drug-likeness (QED) is 0.753. The van der Waals surface area contributed by atoms with Crippen LogP contribution in [0.15, 0.2) is 12.4 Å². The zero-order valence-corrected chi connectivity index (χ0v) is 11.4. The van der Waals surface area contributed by atoms with Gasteiger partial charge in [-0.2, -0.15) is 0 Å². The number of nitrogens with zero attached hydrogens (tertiary/aromatic N) is 2. The zero-order chi connectivity index (χ0) is 13.6. The molecule has 18 heavy (non-hydrogen) atoms. The molecule has 2 rings (SSSR count). The maximum atomic E-state index is 13.0. The summed E-state index contributed by atoms with van der Waals surface area (Å²) in [7, 11) is -0.501. The van der Waals surface area contributed by atoms with E-state index < -0.39 is 24.5 Å². The van der Waals surface area contributed by atoms with Crippen molar-refractivity contribution in [2.45, 2.75) is 52.0 Å². The van der Waals surface area contributed by atoms with Gasteiger partial charge in [-0.1, -0.05) is 0 Å². The zero-order valence-electron chi connectivity index (χ0n) is 11.4. The Labute approximate surface area is 107 Å². The van der Waals surface area contributed by atoms with Gasteiger partial charge in [0.25, 0.3) is 0 Å². The van der Waals surface area contributed by atoms with E-state index in [0.29, 0.717) is 5.46 Å². The number of halogens is 1. The van der Waals surface area contributed by atoms with Gasteiger partial charge in [-0.3, -0.25) is 0 Å². The largest absolute Gasteiger partial charge is 0.498 e. The lowest BCUT2D eigenvalue weighted by Crippen LogP contribution is -2.41. The number of rotatable bonds is 2. The second-order valence-corrected chi connectivity index (χ2v) is 5.58. The molecule has 1 aliphatic rings. The summed E-state index contributed by atoms with van der Waals surface area (Å²) in [6, 6.07) is 0. The number of aromatic nitrogens is 2. The van der Waals surface area contributed by atoms with Crippen molar-refractivity contribution in [2.75, 3.05) is 0 Å². The summed E-state index contributed by atoms with van der Waals surface area (Å²) in [4.78, 5) is 7.94. The van der Waals surface area contributed by atoms with Gasteiger partial charge in [-0.05, 0) is 34.6 Å². The maximum absolute atomic E-state index is 13.0. The topological polar surface area (TPSA) is 44.2 Å². The van der Waals surface area contributed by atoms with Gasteiger partial charge in [0.15, 0.2) is 12.0 Å². The molecule has 1 fully saturated rings. The molecule has 0 aromatic carbocycles. The van der Waals surface area contributed by atoms with Crippen LogP contribution < -0.4 is 5.46 Å². The lowest BCUT2D eigenvalue weighted by atomic mass is 9.81. The van der Waals surface area contributed by atoms with Gasteiger partial charge in [-0.15, -0.1) is 0 Å². The van der Waals surface area contributed by atoms with Crippen LogP contribution in [0.5, 0.6) is 0 Å². The van der Waals surface area contributed by atoms with Crippen LogP contribution in [-0.2, 0) is 9.31 Å². The molecule has 1 aliphatic heterocycles. The Hall–Kier alpha value is -1.01. The Balaban J connectivity index is 2.19. The average molecular weight is 252 g/mol. The van der Waals surface area contributed by atoms with Crippen LogP contribution in [0.4, 0.5) is 4.39 Å². The fourth-order valence-electron chi connectivity index (χ4n) is 1.65. The normalized spacial score (nSPS) is 23.1. The Morgan fingerprint density at radius 3 is 1.94 bits per heavy atom. The van der Waals surface area contributed by atoms with E-state index in [1.165, 1.54) is 6.92 Å². The molecule has 2 heterocycles. The van der Waals surface area contributed by atoms with Gasteiger partial charge in [0, 0.05) is 17.9 Å². The summed E-state index contributed by atoms with van der Waals surface area (Å²) in [5, 5.41) is 0. The predicted octanol–water partition coefficient (Wildman–Crippen LogP) is 1.81. The molecule has 0 aliphatic carbocycles. The van der Waals surface area contributed by atoms with Gasteiger partial charge in [0.2, 0.25) is 0 Å². The van der Waals surface area contributed by atoms with E-state index in [1.807, 2.05) is 27.7 Å². The smallest absolute Gasteiger partial charge is 0.399 e. The van der Waals surface area contributed by atoms with Gasteiger partial charge in [0.1, 0.15) is 0 Å². The molecule has 98 valence electrons. The van der Waals surface area contributed by atoms with E-state index in [0.717, 1.165) is 0 Å². The summed E-state index contributed by atoms with van der Waals surface area (Å²) in [5.41, 5.74) is -0.0916. The van der Waals surface area contributed by atoms with Crippen molar-refractivity contribution in [2.24, 2.45) is 0 Å². The SMILES string of the molecule is CC(F)c1ncc(B2OC(C)(C)C(C)(C)O2)cn1. The standard InChI is InChI=1S/C12H18BFN2O2/c1-8(14)10-15-6-9(7-16-10)13-17-11(2,3)12(4,5)18-13/h6-8H,1-5H3. The first-order chi connectivity index (χ1) is 8.23. The van der Waals surface area contributed by atoms with Crippen LogP contribution in [0.2, 0.25) is 0 Å². The fourth-order valence-corrected chi connectivity index (χ4v) is 1.65. The highest BCUT2D eigenvalue weighted by Crippen LogP contribution is 2.36. The molecule has 1 atom stereocenters. The highest BCUT2D eigenvalue weighted by atomic mass is 19.1. The van der Waals surface area contributed by atoms with E-state index in [4.69, 9.17) is 9.31 Å². The summed E-state index contributed by atoms with van der Waals surface area (Å²) in [5.74, 6) is 0.176. The summed E-state index contributed by atoms with van der Waals surface area (Å²) in [6.07, 6.45) is 1.94. The molecular weight excluding hydrogens is 234 g/mol. The fraction of sp³-hybridized carbons (Fsp3) is 0.667. The van der Waals surface area contributed by atoms with Crippen molar-refractivity contribution >= 4 is 12.6 Å². The third-order valence-corrected chi connectivity index (χ3v) is 3.57. The van der Waals surface area contributed by atoms with Crippen LogP contribution in [0.1, 0.15) is 46.6 Å². The lowest BCUT2D eigenvalue weighted by molar-refractivity contribution is 0.00578. The molecule has 0 N–H and O–H groups in total. The minimum Gasteiger partial charge on any atom is -0.399 e. The van der Waals surface area contributed by atoms with E-state index in [-0.39, 0.29) is 5.82 Å². The number of hydrogen-bond donors (Lipinski definition) is 0. The molecule has 0 amide bonds. The first-order valence-electron chi connectivity index (χ1n) is 6.04. The summed E-state index contributed by atoms with van der Waals surface area (Å²) >= 11 is 0. The van der Waals surface area contributed by atoms with Crippen molar-refractivity contribution < 1.29 is 13.7 Å². The van der Waals surface area contributed by atoms with E-state index >= 15 is 0 Å². The molecule has 0 spiro atoms. The molecule has 1 aromatic heterocycles. The Morgan fingerprint density at radius 2 is 1.56 bits per heavy atom. The van der Waals surface area contributed by atoms with Crippen molar-refractivity contribution in [1.82, 2.24) is 9.97 Å². The average Bonchev–Trinajstić information content (AvgIpc) is 2.48. The highest BCUT2D eigenvalue weighted by molar-refractivity contribution is 6.61. The third kappa shape index (κ3) is 2.27. The molecule has 1 saturated heterocycles. The van der Waals surface area contributed by atoms with Crippen molar-refractivity contribution in [1.29, 1.82) is 0 Å². The minimum atomic E-state index is -1.17. The lowest BCUT2D eigenvalue weighted by Gasteiger charge is -2.32. The van der Waals surface area contributed by atoms with Crippen LogP contribution >= 0.6 is 0 Å². The van der Waals surface area contributed by atoms with Crippen molar-refractivity contribution in [3.63, 3.8) is 0 Å². The third-order valence-electron chi connectivity index (χ3n) is 3.57. The van der Waals surface area contributed by atoms with Crippen LogP contribution in [0, 0.1) is 0 Å². The second-order valence-electron chi connectivity index (χ2n) is 5.58. The minimum absolute atomic E-state index is 0.176. The highest BCUT2D eigenvalue weighted by Gasteiger charge is 2.51. The van der Waals surface area contributed by atoms with Gasteiger partial charge < -0.3 is 9.31 Å². The van der Waals surface area contributed by atoms with Crippen molar-refractivity contribution in [3.8, 4) is 0 Å². The van der Waals surface area contributed by atoms with Gasteiger partial charge >= 0.3 is 7.12 Å². The Kier molecular flexibility index (Phi) is 3.19. The predicted molar refractivity (Wildman–Crippen MR) is 67.3 cm³/mol. The Morgan fingerprint density at radius 1 is 1.11 bits per heavy atom. The molecule has 0 radical (unpaired) electrons. The van der Waals surface area contributed by atoms with Crippen LogP contribution in [0.3, 0.4) is 0 Å². The molecule has 1 aromatic rings. The van der Waals surface area contributed by atoms with E-state index in [9.17, 15) is 4.39 Å². The molecule has 1 unspecified atom stereocenters. The van der Waals surface area contributed by atoms with Gasteiger partial charge in [-0.25, -0.2) is 14.4 Å². The second kappa shape index (κ2) is 4.28. The maximum Gasteiger partial charge on any atom is 0.498 e. The molecule has 0 bridgehead atoms. The summed E-state index contributed by atoms with van der Waals surface area (Å²) < 4.78 is 24.7. The van der Waals surface area contributed by atoms with Crippen LogP contribution in [0.25, 0.3) is 0 Å². The van der Waals surface area contributed by atoms with Crippen molar-refractivity contribution in [3.05, 3.63) is 18.2 Å². The van der Waals surface area contributed by atoms with E-state index in [1.54, 1.807) is 12.4 Å². The first kappa shape index (κ1) is 13.4. The van der Waals surface area contributed by atoms with Gasteiger partial charge in [0.05, 0.1) is 11.2 Å². The molecule has 4 nitrogen and oxygen atoms in total. The molecule has 6 heteroatoms. The first-order valence-corrected chi connectivity index (χ1v) is 6.04. The molecule has 0 saturated carbocycles. The summed E-state index contributed by atoms with van der Waals surface area (Å²) in [6.45, 7) is 9.32. The van der Waals surface area contributed by atoms with Crippen LogP contribution in [-0.4, -0.2) is 28.3 Å². The Bertz CT molecular complexity index is 418. The number of alkyl halides is 1. The monoisotopic (exact) mass is 252 g/mol. The number of hydrogen-bond acceptors (Lipinski definition) is 4.